The fourth-order valence-electron chi connectivity index (χ4n) is 1.86. The SMILES string of the molecule is COc1ccc(CCNc2ccccc2N)cc1Br. The molecule has 0 saturated carbocycles. The van der Waals surface area contributed by atoms with Crippen LogP contribution in [0, 0.1) is 0 Å². The number of nitrogen functional groups attached to an aromatic ring is 1. The first-order valence-electron chi connectivity index (χ1n) is 6.11. The molecule has 0 aromatic heterocycles. The van der Waals surface area contributed by atoms with Crippen molar-refractivity contribution in [1.82, 2.24) is 0 Å². The van der Waals surface area contributed by atoms with E-state index in [9.17, 15) is 0 Å². The number of ether oxygens (including phenoxy) is 1. The van der Waals surface area contributed by atoms with E-state index in [-0.39, 0.29) is 0 Å². The molecule has 0 heterocycles. The highest BCUT2D eigenvalue weighted by molar-refractivity contribution is 9.10. The molecule has 2 rings (SSSR count). The van der Waals surface area contributed by atoms with Crippen LogP contribution in [0.1, 0.15) is 5.56 Å². The number of para-hydroxylation sites is 2. The molecule has 0 aliphatic rings. The summed E-state index contributed by atoms with van der Waals surface area (Å²) in [6.07, 6.45) is 0.928. The van der Waals surface area contributed by atoms with E-state index in [1.54, 1.807) is 7.11 Å². The summed E-state index contributed by atoms with van der Waals surface area (Å²) in [5.41, 5.74) is 8.88. The van der Waals surface area contributed by atoms with E-state index >= 15 is 0 Å². The Balaban J connectivity index is 1.93. The zero-order chi connectivity index (χ0) is 13.7. The maximum atomic E-state index is 5.88. The second-order valence-electron chi connectivity index (χ2n) is 4.23. The van der Waals surface area contributed by atoms with Crippen molar-refractivity contribution >= 4 is 27.3 Å². The summed E-state index contributed by atoms with van der Waals surface area (Å²) in [5, 5.41) is 3.34. The van der Waals surface area contributed by atoms with E-state index in [0.717, 1.165) is 34.6 Å². The first-order valence-corrected chi connectivity index (χ1v) is 6.91. The summed E-state index contributed by atoms with van der Waals surface area (Å²) in [6, 6.07) is 13.9. The Labute approximate surface area is 121 Å². The van der Waals surface area contributed by atoms with Crippen molar-refractivity contribution in [1.29, 1.82) is 0 Å². The van der Waals surface area contributed by atoms with Crippen molar-refractivity contribution in [3.05, 3.63) is 52.5 Å². The monoisotopic (exact) mass is 320 g/mol. The van der Waals surface area contributed by atoms with Gasteiger partial charge in [0.25, 0.3) is 0 Å². The quantitative estimate of drug-likeness (QED) is 0.826. The van der Waals surface area contributed by atoms with Gasteiger partial charge in [0.05, 0.1) is 23.0 Å². The molecule has 0 radical (unpaired) electrons. The van der Waals surface area contributed by atoms with E-state index in [4.69, 9.17) is 10.5 Å². The van der Waals surface area contributed by atoms with Crippen LogP contribution in [-0.2, 0) is 6.42 Å². The Morgan fingerprint density at radius 3 is 2.68 bits per heavy atom. The highest BCUT2D eigenvalue weighted by Crippen LogP contribution is 2.25. The zero-order valence-corrected chi connectivity index (χ0v) is 12.4. The van der Waals surface area contributed by atoms with Crippen molar-refractivity contribution in [3.63, 3.8) is 0 Å². The number of nitrogens with one attached hydrogen (secondary N) is 1. The molecule has 0 bridgehead atoms. The number of halogens is 1. The minimum Gasteiger partial charge on any atom is -0.496 e. The number of anilines is 2. The molecule has 0 amide bonds. The predicted molar refractivity (Wildman–Crippen MR) is 83.7 cm³/mol. The van der Waals surface area contributed by atoms with E-state index in [1.807, 2.05) is 30.3 Å². The largest absolute Gasteiger partial charge is 0.496 e. The molecule has 3 nitrogen and oxygen atoms in total. The van der Waals surface area contributed by atoms with E-state index in [1.165, 1.54) is 5.56 Å². The van der Waals surface area contributed by atoms with Crippen molar-refractivity contribution < 1.29 is 4.74 Å². The van der Waals surface area contributed by atoms with Crippen LogP contribution in [0.4, 0.5) is 11.4 Å². The second kappa shape index (κ2) is 6.48. The van der Waals surface area contributed by atoms with Crippen molar-refractivity contribution in [2.45, 2.75) is 6.42 Å². The fourth-order valence-corrected chi connectivity index (χ4v) is 2.45. The summed E-state index contributed by atoms with van der Waals surface area (Å²) in [5.74, 6) is 0.851. The van der Waals surface area contributed by atoms with Gasteiger partial charge < -0.3 is 15.8 Å². The number of benzene rings is 2. The summed E-state index contributed by atoms with van der Waals surface area (Å²) in [6.45, 7) is 0.840. The Bertz CT molecular complexity index is 558. The first kappa shape index (κ1) is 13.7. The van der Waals surface area contributed by atoms with Gasteiger partial charge in [-0.15, -0.1) is 0 Å². The molecular weight excluding hydrogens is 304 g/mol. The first-order chi connectivity index (χ1) is 9.20. The maximum absolute atomic E-state index is 5.88. The summed E-state index contributed by atoms with van der Waals surface area (Å²) in [7, 11) is 1.67. The summed E-state index contributed by atoms with van der Waals surface area (Å²) >= 11 is 3.49. The third kappa shape index (κ3) is 3.64. The van der Waals surface area contributed by atoms with Gasteiger partial charge in [-0.2, -0.15) is 0 Å². The molecule has 0 aliphatic heterocycles. The minimum absolute atomic E-state index is 0.776. The molecule has 2 aromatic carbocycles. The van der Waals surface area contributed by atoms with Gasteiger partial charge in [-0.3, -0.25) is 0 Å². The van der Waals surface area contributed by atoms with Crippen LogP contribution < -0.4 is 15.8 Å². The Kier molecular flexibility index (Phi) is 4.68. The lowest BCUT2D eigenvalue weighted by atomic mass is 10.1. The molecule has 100 valence electrons. The third-order valence-electron chi connectivity index (χ3n) is 2.91. The Morgan fingerprint density at radius 1 is 1.21 bits per heavy atom. The van der Waals surface area contributed by atoms with Crippen LogP contribution in [0.3, 0.4) is 0 Å². The van der Waals surface area contributed by atoms with Gasteiger partial charge in [0.15, 0.2) is 0 Å². The van der Waals surface area contributed by atoms with Gasteiger partial charge in [0.2, 0.25) is 0 Å². The average Bonchev–Trinajstić information content (AvgIpc) is 2.41. The van der Waals surface area contributed by atoms with Crippen molar-refractivity contribution in [2.75, 3.05) is 24.7 Å². The molecular formula is C15H17BrN2O. The van der Waals surface area contributed by atoms with Crippen LogP contribution in [0.5, 0.6) is 5.75 Å². The highest BCUT2D eigenvalue weighted by Gasteiger charge is 2.02. The van der Waals surface area contributed by atoms with E-state index in [0.29, 0.717) is 0 Å². The third-order valence-corrected chi connectivity index (χ3v) is 3.53. The summed E-state index contributed by atoms with van der Waals surface area (Å²) < 4.78 is 6.19. The molecule has 0 aliphatic carbocycles. The number of methoxy groups -OCH3 is 1. The Morgan fingerprint density at radius 2 is 2.00 bits per heavy atom. The van der Waals surface area contributed by atoms with Crippen molar-refractivity contribution in [3.8, 4) is 5.75 Å². The van der Waals surface area contributed by atoms with Gasteiger partial charge in [0, 0.05) is 6.54 Å². The molecule has 0 fully saturated rings. The van der Waals surface area contributed by atoms with E-state index in [2.05, 4.69) is 33.4 Å². The van der Waals surface area contributed by atoms with Crippen LogP contribution >= 0.6 is 15.9 Å². The predicted octanol–water partition coefficient (Wildman–Crippen LogP) is 3.69. The highest BCUT2D eigenvalue weighted by atomic mass is 79.9. The maximum Gasteiger partial charge on any atom is 0.133 e. The molecule has 2 aromatic rings. The number of hydrogen-bond acceptors (Lipinski definition) is 3. The van der Waals surface area contributed by atoms with Gasteiger partial charge in [-0.1, -0.05) is 18.2 Å². The lowest BCUT2D eigenvalue weighted by molar-refractivity contribution is 0.412. The van der Waals surface area contributed by atoms with Crippen LogP contribution in [0.15, 0.2) is 46.9 Å². The molecule has 0 saturated heterocycles. The van der Waals surface area contributed by atoms with Gasteiger partial charge in [-0.05, 0) is 52.2 Å². The number of rotatable bonds is 5. The van der Waals surface area contributed by atoms with E-state index < -0.39 is 0 Å². The van der Waals surface area contributed by atoms with Gasteiger partial charge >= 0.3 is 0 Å². The lowest BCUT2D eigenvalue weighted by Gasteiger charge is -2.10. The Hall–Kier alpha value is -1.68. The van der Waals surface area contributed by atoms with Gasteiger partial charge in [0.1, 0.15) is 5.75 Å². The summed E-state index contributed by atoms with van der Waals surface area (Å²) in [4.78, 5) is 0. The standard InChI is InChI=1S/C15H17BrN2O/c1-19-15-7-6-11(10-12(15)16)8-9-18-14-5-3-2-4-13(14)17/h2-7,10,18H,8-9,17H2,1H3. The van der Waals surface area contributed by atoms with Crippen LogP contribution in [0.2, 0.25) is 0 Å². The molecule has 19 heavy (non-hydrogen) atoms. The zero-order valence-electron chi connectivity index (χ0n) is 10.8. The average molecular weight is 321 g/mol. The van der Waals surface area contributed by atoms with Crippen LogP contribution in [0.25, 0.3) is 0 Å². The minimum atomic E-state index is 0.776. The lowest BCUT2D eigenvalue weighted by Crippen LogP contribution is -2.06. The van der Waals surface area contributed by atoms with Crippen molar-refractivity contribution in [2.24, 2.45) is 0 Å². The van der Waals surface area contributed by atoms with Crippen LogP contribution in [-0.4, -0.2) is 13.7 Å². The normalized spacial score (nSPS) is 10.2. The molecule has 4 heteroatoms. The molecule has 3 N–H and O–H groups in total. The molecule has 0 unspecified atom stereocenters. The fraction of sp³-hybridized carbons (Fsp3) is 0.200. The number of hydrogen-bond donors (Lipinski definition) is 2. The van der Waals surface area contributed by atoms with Gasteiger partial charge in [-0.25, -0.2) is 0 Å². The smallest absolute Gasteiger partial charge is 0.133 e. The molecule has 0 spiro atoms. The topological polar surface area (TPSA) is 47.3 Å². The second-order valence-corrected chi connectivity index (χ2v) is 5.09. The molecule has 0 atom stereocenters. The number of nitrogens with two attached hydrogens (primary N) is 1.